The monoisotopic (exact) mass is 318 g/mol. The maximum atomic E-state index is 13.6. The van der Waals surface area contributed by atoms with Gasteiger partial charge in [-0.1, -0.05) is 6.07 Å². The summed E-state index contributed by atoms with van der Waals surface area (Å²) in [6.45, 7) is 3.25. The summed E-state index contributed by atoms with van der Waals surface area (Å²) in [5.41, 5.74) is 6.12. The lowest BCUT2D eigenvalue weighted by Crippen LogP contribution is -2.45. The molecule has 1 saturated heterocycles. The number of hydrogen-bond acceptors (Lipinski definition) is 2. The summed E-state index contributed by atoms with van der Waals surface area (Å²) in [7, 11) is 0. The molecule has 0 aliphatic carbocycles. The highest BCUT2D eigenvalue weighted by Crippen LogP contribution is 2.20. The lowest BCUT2D eigenvalue weighted by Gasteiger charge is -2.34. The minimum Gasteiger partial charge on any atom is -0.342 e. The van der Waals surface area contributed by atoms with Crippen LogP contribution in [0, 0.1) is 17.6 Å². The van der Waals surface area contributed by atoms with Crippen molar-refractivity contribution in [3.05, 3.63) is 35.4 Å². The largest absolute Gasteiger partial charge is 0.342 e. The first-order chi connectivity index (χ1) is 9.47. The van der Waals surface area contributed by atoms with Gasteiger partial charge in [-0.15, -0.1) is 12.4 Å². The highest BCUT2D eigenvalue weighted by atomic mass is 35.5. The summed E-state index contributed by atoms with van der Waals surface area (Å²) in [6, 6.07) is 3.36. The molecule has 6 heteroatoms. The van der Waals surface area contributed by atoms with Crippen LogP contribution in [0.3, 0.4) is 0 Å². The van der Waals surface area contributed by atoms with Gasteiger partial charge in [0.15, 0.2) is 0 Å². The van der Waals surface area contributed by atoms with E-state index < -0.39 is 11.6 Å². The van der Waals surface area contributed by atoms with Crippen molar-refractivity contribution in [3.63, 3.8) is 0 Å². The van der Waals surface area contributed by atoms with Crippen LogP contribution in [-0.4, -0.2) is 29.9 Å². The fourth-order valence-corrected chi connectivity index (χ4v) is 2.61. The first kappa shape index (κ1) is 17.9. The van der Waals surface area contributed by atoms with Crippen LogP contribution >= 0.6 is 12.4 Å². The minimum atomic E-state index is -0.667. The normalized spacial score (nSPS) is 19.8. The number of halogens is 3. The summed E-state index contributed by atoms with van der Waals surface area (Å²) in [4.78, 5) is 13.9. The van der Waals surface area contributed by atoms with Gasteiger partial charge >= 0.3 is 0 Å². The molecule has 0 bridgehead atoms. The molecular weight excluding hydrogens is 298 g/mol. The van der Waals surface area contributed by atoms with E-state index in [9.17, 15) is 13.6 Å². The second kappa shape index (κ2) is 7.71. The topological polar surface area (TPSA) is 46.3 Å². The minimum absolute atomic E-state index is 0. The van der Waals surface area contributed by atoms with Crippen molar-refractivity contribution in [2.24, 2.45) is 11.7 Å². The second-order valence-corrected chi connectivity index (χ2v) is 5.51. The number of benzene rings is 1. The van der Waals surface area contributed by atoms with Gasteiger partial charge in [0, 0.05) is 25.2 Å². The van der Waals surface area contributed by atoms with Gasteiger partial charge < -0.3 is 10.6 Å². The van der Waals surface area contributed by atoms with Crippen LogP contribution in [0.5, 0.6) is 0 Å². The number of rotatable bonds is 3. The quantitative estimate of drug-likeness (QED) is 0.931. The Balaban J connectivity index is 0.00000220. The maximum absolute atomic E-state index is 13.6. The molecule has 1 fully saturated rings. The van der Waals surface area contributed by atoms with Crippen molar-refractivity contribution in [2.45, 2.75) is 32.2 Å². The van der Waals surface area contributed by atoms with Gasteiger partial charge in [0.05, 0.1) is 6.42 Å². The molecule has 118 valence electrons. The molecule has 2 atom stereocenters. The van der Waals surface area contributed by atoms with Crippen LogP contribution in [0.2, 0.25) is 0 Å². The van der Waals surface area contributed by atoms with Crippen LogP contribution in [0.1, 0.15) is 25.3 Å². The van der Waals surface area contributed by atoms with Crippen LogP contribution < -0.4 is 5.73 Å². The van der Waals surface area contributed by atoms with Crippen molar-refractivity contribution < 1.29 is 13.6 Å². The second-order valence-electron chi connectivity index (χ2n) is 5.51. The highest BCUT2D eigenvalue weighted by molar-refractivity contribution is 5.85. The summed E-state index contributed by atoms with van der Waals surface area (Å²) in [5, 5.41) is 0. The Bertz CT molecular complexity index is 497. The predicted octanol–water partition coefficient (Wildman–Crippen LogP) is 2.51. The van der Waals surface area contributed by atoms with Gasteiger partial charge in [0.25, 0.3) is 0 Å². The molecule has 21 heavy (non-hydrogen) atoms. The zero-order valence-corrected chi connectivity index (χ0v) is 12.8. The third-order valence-electron chi connectivity index (χ3n) is 3.91. The number of nitrogens with zero attached hydrogens (tertiary/aromatic N) is 1. The molecule has 1 aromatic rings. The van der Waals surface area contributed by atoms with Crippen LogP contribution in [0.15, 0.2) is 18.2 Å². The summed E-state index contributed by atoms with van der Waals surface area (Å²) >= 11 is 0. The van der Waals surface area contributed by atoms with E-state index in [2.05, 4.69) is 0 Å². The molecule has 2 unspecified atom stereocenters. The molecule has 0 saturated carbocycles. The van der Waals surface area contributed by atoms with Crippen molar-refractivity contribution >= 4 is 18.3 Å². The number of carbonyl (C=O) groups is 1. The van der Waals surface area contributed by atoms with Crippen LogP contribution in [0.25, 0.3) is 0 Å². The average Bonchev–Trinajstić information content (AvgIpc) is 2.42. The van der Waals surface area contributed by atoms with Gasteiger partial charge in [-0.05, 0) is 37.3 Å². The first-order valence-corrected chi connectivity index (χ1v) is 6.94. The Kier molecular flexibility index (Phi) is 6.55. The van der Waals surface area contributed by atoms with E-state index in [0.717, 1.165) is 18.9 Å². The van der Waals surface area contributed by atoms with Gasteiger partial charge in [0.1, 0.15) is 11.6 Å². The maximum Gasteiger partial charge on any atom is 0.227 e. The number of piperidine rings is 1. The summed E-state index contributed by atoms with van der Waals surface area (Å²) in [5.74, 6) is -1.13. The van der Waals surface area contributed by atoms with Crippen molar-refractivity contribution in [2.75, 3.05) is 13.1 Å². The standard InChI is InChI=1S/C15H20F2N2O.ClH/c1-10(18)12-3-2-6-19(9-12)15(20)7-11-4-5-13(16)8-14(11)17;/h4-5,8,10,12H,2-3,6-7,9,18H2,1H3;1H. The number of hydrogen-bond donors (Lipinski definition) is 1. The molecule has 0 spiro atoms. The Morgan fingerprint density at radius 1 is 1.48 bits per heavy atom. The number of amides is 1. The molecule has 0 radical (unpaired) electrons. The number of carbonyl (C=O) groups excluding carboxylic acids is 1. The summed E-state index contributed by atoms with van der Waals surface area (Å²) < 4.78 is 26.4. The van der Waals surface area contributed by atoms with E-state index in [4.69, 9.17) is 5.73 Å². The molecule has 2 rings (SSSR count). The third kappa shape index (κ3) is 4.64. The lowest BCUT2D eigenvalue weighted by molar-refractivity contribution is -0.132. The van der Waals surface area contributed by atoms with Gasteiger partial charge in [-0.2, -0.15) is 0 Å². The number of likely N-dealkylation sites (tertiary alicyclic amines) is 1. The van der Waals surface area contributed by atoms with Crippen molar-refractivity contribution in [1.29, 1.82) is 0 Å². The molecule has 1 amide bonds. The molecule has 1 aromatic carbocycles. The lowest BCUT2D eigenvalue weighted by atomic mass is 9.92. The van der Waals surface area contributed by atoms with E-state index in [-0.39, 0.29) is 36.3 Å². The fraction of sp³-hybridized carbons (Fsp3) is 0.533. The molecule has 0 aromatic heterocycles. The third-order valence-corrected chi connectivity index (χ3v) is 3.91. The van der Waals surface area contributed by atoms with Gasteiger partial charge in [-0.3, -0.25) is 4.79 Å². The van der Waals surface area contributed by atoms with Crippen LogP contribution in [-0.2, 0) is 11.2 Å². The van der Waals surface area contributed by atoms with E-state index in [0.29, 0.717) is 19.0 Å². The molecule has 1 heterocycles. The van der Waals surface area contributed by atoms with Gasteiger partial charge in [-0.25, -0.2) is 8.78 Å². The predicted molar refractivity (Wildman–Crippen MR) is 80.3 cm³/mol. The summed E-state index contributed by atoms with van der Waals surface area (Å²) in [6.07, 6.45) is 1.91. The molecule has 1 aliphatic rings. The van der Waals surface area contributed by atoms with E-state index in [1.807, 2.05) is 6.92 Å². The van der Waals surface area contributed by atoms with Gasteiger partial charge in [0.2, 0.25) is 5.91 Å². The highest BCUT2D eigenvalue weighted by Gasteiger charge is 2.26. The Labute approximate surface area is 129 Å². The van der Waals surface area contributed by atoms with Crippen molar-refractivity contribution in [3.8, 4) is 0 Å². The van der Waals surface area contributed by atoms with Crippen molar-refractivity contribution in [1.82, 2.24) is 4.90 Å². The molecular formula is C15H21ClF2N2O. The Morgan fingerprint density at radius 3 is 2.81 bits per heavy atom. The Morgan fingerprint density at radius 2 is 2.19 bits per heavy atom. The molecule has 1 aliphatic heterocycles. The average molecular weight is 319 g/mol. The van der Waals surface area contributed by atoms with Crippen LogP contribution in [0.4, 0.5) is 8.78 Å². The zero-order chi connectivity index (χ0) is 14.7. The van der Waals surface area contributed by atoms with E-state index in [1.165, 1.54) is 12.1 Å². The SMILES string of the molecule is CC(N)C1CCCN(C(=O)Cc2ccc(F)cc2F)C1.Cl. The Hall–Kier alpha value is -1.20. The fourth-order valence-electron chi connectivity index (χ4n) is 2.61. The first-order valence-electron chi connectivity index (χ1n) is 6.94. The number of nitrogens with two attached hydrogens (primary N) is 1. The van der Waals surface area contributed by atoms with E-state index >= 15 is 0 Å². The molecule has 3 nitrogen and oxygen atoms in total. The zero-order valence-electron chi connectivity index (χ0n) is 12.0. The van der Waals surface area contributed by atoms with E-state index in [1.54, 1.807) is 4.90 Å². The smallest absolute Gasteiger partial charge is 0.227 e. The molecule has 2 N–H and O–H groups in total.